The van der Waals surface area contributed by atoms with Crippen LogP contribution in [0.4, 0.5) is 15.8 Å². The van der Waals surface area contributed by atoms with E-state index in [1.165, 1.54) is 6.07 Å². The first kappa shape index (κ1) is 28.4. The molecule has 2 heterocycles. The lowest BCUT2D eigenvalue weighted by atomic mass is 9.83. The van der Waals surface area contributed by atoms with Crippen molar-refractivity contribution < 1.29 is 14.3 Å². The van der Waals surface area contributed by atoms with Crippen LogP contribution in [0.3, 0.4) is 0 Å². The molecule has 0 bridgehead atoms. The molecule has 38 heavy (non-hydrogen) atoms. The number of rotatable bonds is 9. The molecule has 0 saturated carbocycles. The predicted molar refractivity (Wildman–Crippen MR) is 151 cm³/mol. The van der Waals surface area contributed by atoms with Crippen molar-refractivity contribution in [3.63, 3.8) is 0 Å². The number of piperazine rings is 1. The Balaban J connectivity index is 1.59. The fourth-order valence-corrected chi connectivity index (χ4v) is 6.03. The van der Waals surface area contributed by atoms with Crippen molar-refractivity contribution in [1.29, 1.82) is 0 Å². The van der Waals surface area contributed by atoms with Crippen molar-refractivity contribution in [3.8, 4) is 0 Å². The maximum absolute atomic E-state index is 14.6. The van der Waals surface area contributed by atoms with E-state index in [-0.39, 0.29) is 30.1 Å². The molecule has 2 aliphatic rings. The van der Waals surface area contributed by atoms with Gasteiger partial charge in [-0.25, -0.2) is 9.40 Å². The molecular weight excluding hydrogens is 483 g/mol. The first-order valence-corrected chi connectivity index (χ1v) is 13.6. The van der Waals surface area contributed by atoms with Crippen molar-refractivity contribution in [3.05, 3.63) is 59.4 Å². The number of likely N-dealkylation sites (N-methyl/N-ethyl adjacent to an activating group) is 2. The van der Waals surface area contributed by atoms with Gasteiger partial charge in [-0.1, -0.05) is 12.1 Å². The summed E-state index contributed by atoms with van der Waals surface area (Å²) in [7, 11) is 5.80. The lowest BCUT2D eigenvalue weighted by Crippen LogP contribution is -2.69. The van der Waals surface area contributed by atoms with Crippen LogP contribution < -0.4 is 25.9 Å². The molecule has 2 fully saturated rings. The van der Waals surface area contributed by atoms with E-state index in [1.807, 2.05) is 51.5 Å². The molecule has 2 saturated heterocycles. The average Bonchev–Trinajstić information content (AvgIpc) is 2.91. The monoisotopic (exact) mass is 526 g/mol. The van der Waals surface area contributed by atoms with E-state index in [1.54, 1.807) is 19.9 Å². The largest absolute Gasteiger partial charge is 0.386 e. The summed E-state index contributed by atoms with van der Waals surface area (Å²) in [6.07, 6.45) is 3.65. The van der Waals surface area contributed by atoms with Crippen LogP contribution in [0.1, 0.15) is 37.8 Å². The maximum Gasteiger partial charge on any atom is 0.142 e. The zero-order chi connectivity index (χ0) is 27.4. The third-order valence-corrected chi connectivity index (χ3v) is 8.11. The minimum absolute atomic E-state index is 0.0591. The molecule has 4 N–H and O–H groups in total. The number of carbonyl (C=O) groups excluding carboxylic acids is 1. The quantitative estimate of drug-likeness (QED) is 0.371. The lowest BCUT2D eigenvalue weighted by Gasteiger charge is -2.47. The van der Waals surface area contributed by atoms with Crippen LogP contribution in [0, 0.1) is 11.7 Å². The van der Waals surface area contributed by atoms with E-state index in [4.69, 9.17) is 0 Å². The van der Waals surface area contributed by atoms with E-state index < -0.39 is 5.60 Å². The van der Waals surface area contributed by atoms with Crippen LogP contribution in [0.15, 0.2) is 42.5 Å². The third-order valence-electron chi connectivity index (χ3n) is 8.11. The molecule has 0 aliphatic carbocycles. The molecule has 0 radical (unpaired) electrons. The van der Waals surface area contributed by atoms with Crippen molar-refractivity contribution in [2.24, 2.45) is 5.92 Å². The number of nitrogens with one attached hydrogen (secondary N) is 3. The van der Waals surface area contributed by atoms with Gasteiger partial charge in [-0.05, 0) is 102 Å². The van der Waals surface area contributed by atoms with Crippen LogP contribution in [0.25, 0.3) is 0 Å². The van der Waals surface area contributed by atoms with Gasteiger partial charge in [-0.3, -0.25) is 5.43 Å². The number of aldehydes is 1. The summed E-state index contributed by atoms with van der Waals surface area (Å²) in [5, 5.41) is 19.2. The van der Waals surface area contributed by atoms with Crippen LogP contribution in [-0.4, -0.2) is 75.6 Å². The van der Waals surface area contributed by atoms with E-state index in [2.05, 4.69) is 30.9 Å². The Hall–Kier alpha value is -2.56. The number of hydrazine groups is 1. The zero-order valence-electron chi connectivity index (χ0n) is 23.2. The number of piperidine rings is 1. The van der Waals surface area contributed by atoms with Gasteiger partial charge in [0.25, 0.3) is 0 Å². The fourth-order valence-electron chi connectivity index (χ4n) is 6.03. The first-order valence-electron chi connectivity index (χ1n) is 13.6. The number of nitrogens with zero attached hydrogens (tertiary/aromatic N) is 3. The van der Waals surface area contributed by atoms with Crippen molar-refractivity contribution in [1.82, 2.24) is 21.1 Å². The van der Waals surface area contributed by atoms with Crippen molar-refractivity contribution in [2.75, 3.05) is 50.6 Å². The minimum atomic E-state index is -0.919. The van der Waals surface area contributed by atoms with E-state index in [0.717, 1.165) is 61.3 Å². The first-order chi connectivity index (χ1) is 18.2. The highest BCUT2D eigenvalue weighted by Gasteiger charge is 2.35. The van der Waals surface area contributed by atoms with E-state index in [0.29, 0.717) is 6.42 Å². The van der Waals surface area contributed by atoms with Crippen molar-refractivity contribution in [2.45, 2.75) is 57.1 Å². The second kappa shape index (κ2) is 12.1. The lowest BCUT2D eigenvalue weighted by molar-refractivity contribution is -0.110. The van der Waals surface area contributed by atoms with Crippen molar-refractivity contribution >= 4 is 17.7 Å². The summed E-state index contributed by atoms with van der Waals surface area (Å²) in [6.45, 7) is 5.78. The molecule has 4 unspecified atom stereocenters. The normalized spacial score (nSPS) is 25.0. The van der Waals surface area contributed by atoms with Gasteiger partial charge in [-0.15, -0.1) is 0 Å². The molecular formula is C29H43FN6O2. The van der Waals surface area contributed by atoms with Gasteiger partial charge in [0.05, 0.1) is 24.0 Å². The third kappa shape index (κ3) is 6.02. The summed E-state index contributed by atoms with van der Waals surface area (Å²) in [5.74, 6) is -0.194. The molecule has 4 rings (SSSR count). The summed E-state index contributed by atoms with van der Waals surface area (Å²) >= 11 is 0. The molecule has 8 nitrogen and oxygen atoms in total. The Labute approximate surface area is 226 Å². The predicted octanol–water partition coefficient (Wildman–Crippen LogP) is 2.43. The maximum atomic E-state index is 14.6. The van der Waals surface area contributed by atoms with Gasteiger partial charge in [-0.2, -0.15) is 0 Å². The fraction of sp³-hybridized carbons (Fsp3) is 0.552. The Morgan fingerprint density at radius 1 is 1.05 bits per heavy atom. The SMILES string of the molecule is CNC1CN(c2ccc(F)cc2CC2CCCN(c3ccc(C(C)(C)O)cc3)C2C=O)CC(NC)N1NC. The zero-order valence-corrected chi connectivity index (χ0v) is 23.2. The summed E-state index contributed by atoms with van der Waals surface area (Å²) in [5.41, 5.74) is 6.11. The number of anilines is 2. The smallest absolute Gasteiger partial charge is 0.142 e. The summed E-state index contributed by atoms with van der Waals surface area (Å²) in [6, 6.07) is 12.6. The Morgan fingerprint density at radius 2 is 1.71 bits per heavy atom. The number of halogens is 1. The molecule has 4 atom stereocenters. The van der Waals surface area contributed by atoms with Gasteiger partial charge < -0.3 is 30.3 Å². The van der Waals surface area contributed by atoms with Crippen LogP contribution in [-0.2, 0) is 16.8 Å². The highest BCUT2D eigenvalue weighted by Crippen LogP contribution is 2.34. The second-order valence-electron chi connectivity index (χ2n) is 11.0. The number of hydrogen-bond donors (Lipinski definition) is 4. The van der Waals surface area contributed by atoms with Crippen LogP contribution in [0.2, 0.25) is 0 Å². The highest BCUT2D eigenvalue weighted by molar-refractivity contribution is 5.68. The number of aliphatic hydroxyl groups is 1. The minimum Gasteiger partial charge on any atom is -0.386 e. The molecule has 208 valence electrons. The van der Waals surface area contributed by atoms with Gasteiger partial charge in [0.1, 0.15) is 12.1 Å². The number of carbonyl (C=O) groups is 1. The Morgan fingerprint density at radius 3 is 2.26 bits per heavy atom. The topological polar surface area (TPSA) is 83.1 Å². The molecule has 0 amide bonds. The number of benzene rings is 2. The highest BCUT2D eigenvalue weighted by atomic mass is 19.1. The van der Waals surface area contributed by atoms with Gasteiger partial charge in [0.2, 0.25) is 0 Å². The molecule has 2 aliphatic heterocycles. The Kier molecular flexibility index (Phi) is 9.05. The standard InChI is InChI=1S/C29H43FN6O2/c1-29(2,38)22-8-11-24(12-9-22)35-14-6-7-20(26(35)19-37)15-21-16-23(30)10-13-25(21)34-17-27(31-3)36(33-5)28(18-34)32-4/h8-13,16,19-20,26-28,31-33,38H,6-7,14-15,17-18H2,1-5H3. The molecule has 2 aromatic rings. The van der Waals surface area contributed by atoms with Gasteiger partial charge in [0.15, 0.2) is 0 Å². The summed E-state index contributed by atoms with van der Waals surface area (Å²) < 4.78 is 14.6. The average molecular weight is 527 g/mol. The van der Waals surface area contributed by atoms with Crippen LogP contribution in [0.5, 0.6) is 0 Å². The van der Waals surface area contributed by atoms with E-state index >= 15 is 0 Å². The second-order valence-corrected chi connectivity index (χ2v) is 11.0. The van der Waals surface area contributed by atoms with Gasteiger partial charge in [0, 0.05) is 31.0 Å². The molecule has 0 spiro atoms. The Bertz CT molecular complexity index is 1060. The molecule has 2 aromatic carbocycles. The van der Waals surface area contributed by atoms with Crippen LogP contribution >= 0.6 is 0 Å². The number of hydrogen-bond acceptors (Lipinski definition) is 8. The molecule has 9 heteroatoms. The van der Waals surface area contributed by atoms with Gasteiger partial charge >= 0.3 is 0 Å². The van der Waals surface area contributed by atoms with E-state index in [9.17, 15) is 14.3 Å². The molecule has 0 aromatic heterocycles. The summed E-state index contributed by atoms with van der Waals surface area (Å²) in [4.78, 5) is 16.9.